The molecule has 0 saturated heterocycles. The zero-order chi connectivity index (χ0) is 22.0. The van der Waals surface area contributed by atoms with Gasteiger partial charge < -0.3 is 5.32 Å². The van der Waals surface area contributed by atoms with Crippen LogP contribution in [0.4, 0.5) is 11.4 Å². The number of benzene rings is 6. The fourth-order valence-corrected chi connectivity index (χ4v) is 4.65. The Hall–Kier alpha value is -4.36. The third kappa shape index (κ3) is 3.64. The van der Waals surface area contributed by atoms with Gasteiger partial charge in [-0.1, -0.05) is 115 Å². The van der Waals surface area contributed by atoms with Crippen LogP contribution in [0.5, 0.6) is 0 Å². The van der Waals surface area contributed by atoms with Crippen molar-refractivity contribution >= 4 is 32.9 Å². The van der Waals surface area contributed by atoms with Crippen LogP contribution < -0.4 is 5.32 Å². The highest BCUT2D eigenvalue weighted by atomic mass is 14.9. The summed E-state index contributed by atoms with van der Waals surface area (Å²) in [4.78, 5) is 0. The van der Waals surface area contributed by atoms with E-state index in [0.29, 0.717) is 0 Å². The molecule has 6 aromatic rings. The lowest BCUT2D eigenvalue weighted by atomic mass is 9.96. The monoisotopic (exact) mass is 421 g/mol. The van der Waals surface area contributed by atoms with Crippen molar-refractivity contribution in [3.8, 4) is 22.3 Å². The molecule has 0 aliphatic carbocycles. The van der Waals surface area contributed by atoms with Crippen LogP contribution in [0, 0.1) is 0 Å². The van der Waals surface area contributed by atoms with Crippen LogP contribution in [0.15, 0.2) is 133 Å². The van der Waals surface area contributed by atoms with Crippen LogP contribution in [0.25, 0.3) is 43.8 Å². The van der Waals surface area contributed by atoms with Crippen molar-refractivity contribution < 1.29 is 0 Å². The average Bonchev–Trinajstić information content (AvgIpc) is 2.89. The molecular formula is C32H23N. The first kappa shape index (κ1) is 19.3. The number of para-hydroxylation sites is 1. The van der Waals surface area contributed by atoms with Gasteiger partial charge in [-0.05, 0) is 56.4 Å². The first-order chi connectivity index (χ1) is 16.4. The molecule has 0 unspecified atom stereocenters. The molecule has 6 aromatic carbocycles. The zero-order valence-electron chi connectivity index (χ0n) is 18.2. The Morgan fingerprint density at radius 3 is 1.61 bits per heavy atom. The summed E-state index contributed by atoms with van der Waals surface area (Å²) in [5, 5.41) is 8.71. The van der Waals surface area contributed by atoms with E-state index >= 15 is 0 Å². The topological polar surface area (TPSA) is 12.0 Å². The Morgan fingerprint density at radius 1 is 0.364 bits per heavy atom. The standard InChI is InChI=1S/C32H23N/c1-3-13-27-23(9-1)11-7-16-28(27)25-19-21-26(22-20-25)33-32-18-6-5-15-31(32)30-17-8-12-24-10-2-4-14-29(24)30/h1-22,33H. The van der Waals surface area contributed by atoms with Crippen molar-refractivity contribution in [1.29, 1.82) is 0 Å². The molecule has 0 spiro atoms. The number of hydrogen-bond donors (Lipinski definition) is 1. The van der Waals surface area contributed by atoms with E-state index in [4.69, 9.17) is 0 Å². The molecule has 1 nitrogen and oxygen atoms in total. The highest BCUT2D eigenvalue weighted by Crippen LogP contribution is 2.36. The fraction of sp³-hybridized carbons (Fsp3) is 0. The van der Waals surface area contributed by atoms with E-state index in [0.717, 1.165) is 11.4 Å². The van der Waals surface area contributed by atoms with Gasteiger partial charge >= 0.3 is 0 Å². The van der Waals surface area contributed by atoms with E-state index in [1.165, 1.54) is 43.8 Å². The van der Waals surface area contributed by atoms with Crippen LogP contribution in [-0.4, -0.2) is 0 Å². The van der Waals surface area contributed by atoms with Crippen LogP contribution in [0.3, 0.4) is 0 Å². The Labute approximate surface area is 194 Å². The van der Waals surface area contributed by atoms with Crippen molar-refractivity contribution in [1.82, 2.24) is 0 Å². The van der Waals surface area contributed by atoms with Gasteiger partial charge in [-0.2, -0.15) is 0 Å². The summed E-state index contributed by atoms with van der Waals surface area (Å²) in [7, 11) is 0. The SMILES string of the molecule is c1ccc(-c2cccc3ccccc23)c(Nc2ccc(-c3cccc4ccccc34)cc2)c1. The molecule has 0 bridgehead atoms. The van der Waals surface area contributed by atoms with Gasteiger partial charge in [-0.15, -0.1) is 0 Å². The maximum absolute atomic E-state index is 3.65. The molecule has 0 aliphatic rings. The second-order valence-electron chi connectivity index (χ2n) is 8.30. The van der Waals surface area contributed by atoms with E-state index in [9.17, 15) is 0 Å². The second-order valence-corrected chi connectivity index (χ2v) is 8.30. The molecule has 0 aliphatic heterocycles. The quantitative estimate of drug-likeness (QED) is 0.299. The number of fused-ring (bicyclic) bond motifs is 2. The lowest BCUT2D eigenvalue weighted by molar-refractivity contribution is 1.54. The lowest BCUT2D eigenvalue weighted by Gasteiger charge is -2.15. The van der Waals surface area contributed by atoms with E-state index in [1.807, 2.05) is 0 Å². The minimum absolute atomic E-state index is 1.08. The number of hydrogen-bond acceptors (Lipinski definition) is 1. The number of nitrogens with one attached hydrogen (secondary N) is 1. The minimum atomic E-state index is 1.08. The molecule has 6 rings (SSSR count). The van der Waals surface area contributed by atoms with Gasteiger partial charge in [0.2, 0.25) is 0 Å². The summed E-state index contributed by atoms with van der Waals surface area (Å²) < 4.78 is 0. The molecule has 0 fully saturated rings. The molecule has 1 N–H and O–H groups in total. The lowest BCUT2D eigenvalue weighted by Crippen LogP contribution is -1.94. The predicted octanol–water partition coefficient (Wildman–Crippen LogP) is 9.07. The maximum Gasteiger partial charge on any atom is 0.0464 e. The van der Waals surface area contributed by atoms with Crippen LogP contribution in [0.2, 0.25) is 0 Å². The summed E-state index contributed by atoms with van der Waals surface area (Å²) in [6.07, 6.45) is 0. The van der Waals surface area contributed by atoms with E-state index in [2.05, 4.69) is 139 Å². The Bertz CT molecular complexity index is 1570. The smallest absolute Gasteiger partial charge is 0.0464 e. The third-order valence-electron chi connectivity index (χ3n) is 6.27. The normalized spacial score (nSPS) is 11.0. The first-order valence-electron chi connectivity index (χ1n) is 11.3. The Kier molecular flexibility index (Phi) is 4.86. The summed E-state index contributed by atoms with van der Waals surface area (Å²) in [5.41, 5.74) is 7.10. The summed E-state index contributed by atoms with van der Waals surface area (Å²) in [6, 6.07) is 47.4. The Balaban J connectivity index is 1.36. The summed E-state index contributed by atoms with van der Waals surface area (Å²) >= 11 is 0. The van der Waals surface area contributed by atoms with Crippen LogP contribution in [0.1, 0.15) is 0 Å². The highest BCUT2D eigenvalue weighted by Gasteiger charge is 2.09. The van der Waals surface area contributed by atoms with Gasteiger partial charge in [0.15, 0.2) is 0 Å². The van der Waals surface area contributed by atoms with Crippen molar-refractivity contribution in [3.63, 3.8) is 0 Å². The van der Waals surface area contributed by atoms with Gasteiger partial charge in [-0.25, -0.2) is 0 Å². The predicted molar refractivity (Wildman–Crippen MR) is 142 cm³/mol. The van der Waals surface area contributed by atoms with Gasteiger partial charge in [-0.3, -0.25) is 0 Å². The van der Waals surface area contributed by atoms with Gasteiger partial charge in [0, 0.05) is 16.9 Å². The van der Waals surface area contributed by atoms with Crippen molar-refractivity contribution in [2.24, 2.45) is 0 Å². The van der Waals surface area contributed by atoms with Gasteiger partial charge in [0.1, 0.15) is 0 Å². The molecule has 0 radical (unpaired) electrons. The van der Waals surface area contributed by atoms with Crippen LogP contribution in [-0.2, 0) is 0 Å². The summed E-state index contributed by atoms with van der Waals surface area (Å²) in [6.45, 7) is 0. The Morgan fingerprint density at radius 2 is 0.879 bits per heavy atom. The van der Waals surface area contributed by atoms with E-state index in [1.54, 1.807) is 0 Å². The molecule has 1 heteroatoms. The van der Waals surface area contributed by atoms with Gasteiger partial charge in [0.25, 0.3) is 0 Å². The highest BCUT2D eigenvalue weighted by molar-refractivity contribution is 6.00. The molecule has 0 aromatic heterocycles. The van der Waals surface area contributed by atoms with Crippen molar-refractivity contribution in [2.45, 2.75) is 0 Å². The van der Waals surface area contributed by atoms with E-state index in [-0.39, 0.29) is 0 Å². The fourth-order valence-electron chi connectivity index (χ4n) is 4.65. The van der Waals surface area contributed by atoms with Crippen LogP contribution >= 0.6 is 0 Å². The van der Waals surface area contributed by atoms with E-state index < -0.39 is 0 Å². The molecule has 33 heavy (non-hydrogen) atoms. The molecule has 0 atom stereocenters. The van der Waals surface area contributed by atoms with Crippen molar-refractivity contribution in [2.75, 3.05) is 5.32 Å². The van der Waals surface area contributed by atoms with Crippen molar-refractivity contribution in [3.05, 3.63) is 133 Å². The maximum atomic E-state index is 3.65. The van der Waals surface area contributed by atoms with Gasteiger partial charge in [0.05, 0.1) is 0 Å². The number of anilines is 2. The molecule has 0 saturated carbocycles. The molecule has 0 amide bonds. The average molecular weight is 422 g/mol. The molecule has 0 heterocycles. The largest absolute Gasteiger partial charge is 0.355 e. The molecular weight excluding hydrogens is 398 g/mol. The second kappa shape index (κ2) is 8.29. The third-order valence-corrected chi connectivity index (χ3v) is 6.27. The number of rotatable bonds is 4. The minimum Gasteiger partial charge on any atom is -0.355 e. The molecule has 156 valence electrons. The summed E-state index contributed by atoms with van der Waals surface area (Å²) in [5.74, 6) is 0. The first-order valence-corrected chi connectivity index (χ1v) is 11.3. The zero-order valence-corrected chi connectivity index (χ0v) is 18.2.